The van der Waals surface area contributed by atoms with Gasteiger partial charge in [0.2, 0.25) is 5.91 Å². The van der Waals surface area contributed by atoms with Gasteiger partial charge in [-0.05, 0) is 128 Å². The van der Waals surface area contributed by atoms with Gasteiger partial charge in [-0.25, -0.2) is 0 Å². The number of amides is 1. The van der Waals surface area contributed by atoms with Crippen LogP contribution in [0.3, 0.4) is 0 Å². The number of carbonyl (C=O) groups is 2. The molecule has 0 fully saturated rings. The Hall–Kier alpha value is -4.11. The fraction of sp³-hybridized carbons (Fsp3) is 0.653. The molecule has 9 nitrogen and oxygen atoms in total. The lowest BCUT2D eigenvalue weighted by Crippen LogP contribution is -2.47. The molecule has 0 saturated heterocycles. The van der Waals surface area contributed by atoms with Crippen molar-refractivity contribution in [3.63, 3.8) is 0 Å². The van der Waals surface area contributed by atoms with E-state index in [-0.39, 0.29) is 24.9 Å². The van der Waals surface area contributed by atoms with Crippen molar-refractivity contribution < 1.29 is 37.3 Å². The molecule has 0 saturated carbocycles. The fourth-order valence-electron chi connectivity index (χ4n) is 9.08. The number of ether oxygens (including phenoxy) is 1. The minimum Gasteiger partial charge on any atom is -0.756 e. The van der Waals surface area contributed by atoms with E-state index in [1.165, 1.54) is 89.9 Å². The molecule has 0 aliphatic heterocycles. The van der Waals surface area contributed by atoms with Crippen LogP contribution in [-0.2, 0) is 27.9 Å². The lowest BCUT2D eigenvalue weighted by Gasteiger charge is -2.30. The fourth-order valence-corrected chi connectivity index (χ4v) is 9.80. The number of hydrogen-bond acceptors (Lipinski definition) is 7. The molecule has 3 unspecified atom stereocenters. The van der Waals surface area contributed by atoms with E-state index >= 15 is 0 Å². The lowest BCUT2D eigenvalue weighted by molar-refractivity contribution is -0.870. The maximum absolute atomic E-state index is 13.6. The molecule has 0 radical (unpaired) electrons. The number of phosphoric ester groups is 1. The van der Waals surface area contributed by atoms with Crippen molar-refractivity contribution in [3.8, 4) is 0 Å². The molecular weight excluding hydrogens is 1070 g/mol. The van der Waals surface area contributed by atoms with Crippen molar-refractivity contribution in [1.29, 1.82) is 0 Å². The molecule has 0 rings (SSSR count). The number of rotatable bonds is 60. The molecule has 0 aromatic carbocycles. The summed E-state index contributed by atoms with van der Waals surface area (Å²) in [6.07, 6.45) is 91.1. The monoisotopic (exact) mass is 1200 g/mol. The third kappa shape index (κ3) is 64.2. The summed E-state index contributed by atoms with van der Waals surface area (Å²) >= 11 is 0. The molecule has 0 bridgehead atoms. The second-order valence-corrected chi connectivity index (χ2v) is 25.0. The van der Waals surface area contributed by atoms with E-state index in [0.29, 0.717) is 23.9 Å². The van der Waals surface area contributed by atoms with E-state index in [1.54, 1.807) is 0 Å². The number of likely N-dealkylation sites (N-methyl/N-ethyl adjacent to an activating group) is 1. The molecule has 484 valence electrons. The zero-order valence-electron chi connectivity index (χ0n) is 55.3. The number of hydrogen-bond donors (Lipinski definition) is 1. The van der Waals surface area contributed by atoms with Crippen LogP contribution in [0.5, 0.6) is 0 Å². The Morgan fingerprint density at radius 2 is 0.753 bits per heavy atom. The first kappa shape index (κ1) is 80.9. The van der Waals surface area contributed by atoms with Gasteiger partial charge in [0.05, 0.1) is 33.8 Å². The van der Waals surface area contributed by atoms with Gasteiger partial charge in [-0.3, -0.25) is 14.2 Å². The van der Waals surface area contributed by atoms with Gasteiger partial charge >= 0.3 is 5.97 Å². The average molecular weight is 1200 g/mol. The summed E-state index contributed by atoms with van der Waals surface area (Å²) in [5, 5.41) is 3.02. The zero-order chi connectivity index (χ0) is 62.1. The molecule has 0 aliphatic rings. The number of nitrogens with one attached hydrogen (secondary N) is 1. The van der Waals surface area contributed by atoms with E-state index in [9.17, 15) is 19.0 Å². The number of nitrogens with zero attached hydrogens (tertiary/aromatic N) is 1. The smallest absolute Gasteiger partial charge is 0.306 e. The summed E-state index contributed by atoms with van der Waals surface area (Å²) in [7, 11) is 1.14. The number of carbonyl (C=O) groups excluding carboxylic acids is 2. The van der Waals surface area contributed by atoms with Crippen LogP contribution >= 0.6 is 7.82 Å². The normalized spacial score (nSPS) is 14.5. The van der Waals surface area contributed by atoms with Crippen molar-refractivity contribution in [2.24, 2.45) is 0 Å². The molecular formula is C75H127N2O7P. The van der Waals surface area contributed by atoms with Crippen LogP contribution in [0.4, 0.5) is 0 Å². The van der Waals surface area contributed by atoms with Gasteiger partial charge in [-0.15, -0.1) is 0 Å². The van der Waals surface area contributed by atoms with Crippen LogP contribution in [0, 0.1) is 0 Å². The summed E-state index contributed by atoms with van der Waals surface area (Å²) in [6.45, 7) is 6.58. The number of phosphoric acid groups is 1. The van der Waals surface area contributed by atoms with Crippen molar-refractivity contribution in [2.75, 3.05) is 40.9 Å². The maximum atomic E-state index is 13.6. The van der Waals surface area contributed by atoms with E-state index < -0.39 is 26.6 Å². The first-order valence-corrected chi connectivity index (χ1v) is 35.6. The van der Waals surface area contributed by atoms with Crippen molar-refractivity contribution >= 4 is 19.7 Å². The largest absolute Gasteiger partial charge is 0.756 e. The predicted molar refractivity (Wildman–Crippen MR) is 366 cm³/mol. The summed E-state index contributed by atoms with van der Waals surface area (Å²) in [6, 6.07) is -0.922. The number of quaternary nitrogens is 1. The lowest BCUT2D eigenvalue weighted by atomic mass is 10.0. The third-order valence-corrected chi connectivity index (χ3v) is 15.2. The van der Waals surface area contributed by atoms with Crippen LogP contribution in [0.1, 0.15) is 265 Å². The first-order chi connectivity index (χ1) is 41.4. The standard InChI is InChI=1S/C75H127N2O7P/c1-7-10-13-16-19-22-25-28-30-32-34-36-37-38-39-41-42-44-46-49-52-55-58-61-64-67-74(78)76-72(71-83-85(80,81)82-70-69-77(4,5)6)73(66-63-60-57-54-51-48-27-24-21-18-15-12-9-3)84-75(79)68-65-62-59-56-53-50-47-45-43-40-35-33-31-29-26-23-20-17-14-11-8-2/h10-11,13-14,19-20,22-23,28-31,34-36,38-40,45,47,53,56,63,66,72-73H,7-9,12,15-18,21,24-27,32-33,37,41-44,46,48-52,54-55,57-62,64-65,67-71H2,1-6H3,(H-,76,78,80,81)/b13-10-,14-11-,22-19-,23-20-,30-28-,31-29-,36-34-,39-38-,40-35-,47-45-,56-53-,66-63-. The molecule has 85 heavy (non-hydrogen) atoms. The Balaban J connectivity index is 5.26. The predicted octanol–water partition coefficient (Wildman–Crippen LogP) is 21.1. The van der Waals surface area contributed by atoms with Crippen LogP contribution < -0.4 is 10.2 Å². The van der Waals surface area contributed by atoms with E-state index in [0.717, 1.165) is 135 Å². The molecule has 3 atom stereocenters. The van der Waals surface area contributed by atoms with Crippen molar-refractivity contribution in [1.82, 2.24) is 5.32 Å². The van der Waals surface area contributed by atoms with Gasteiger partial charge in [-0.2, -0.15) is 0 Å². The Morgan fingerprint density at radius 3 is 1.14 bits per heavy atom. The highest BCUT2D eigenvalue weighted by Crippen LogP contribution is 2.38. The minimum atomic E-state index is -4.73. The quantitative estimate of drug-likeness (QED) is 0.0212. The molecule has 0 spiro atoms. The average Bonchev–Trinajstić information content (AvgIpc) is 3.48. The Labute approximate surface area is 523 Å². The summed E-state index contributed by atoms with van der Waals surface area (Å²) in [5.74, 6) is -0.606. The van der Waals surface area contributed by atoms with Gasteiger partial charge in [0.1, 0.15) is 19.3 Å². The van der Waals surface area contributed by atoms with Crippen LogP contribution in [0.2, 0.25) is 0 Å². The van der Waals surface area contributed by atoms with Crippen molar-refractivity contribution in [2.45, 2.75) is 277 Å². The highest BCUT2D eigenvalue weighted by molar-refractivity contribution is 7.45. The molecule has 0 aliphatic carbocycles. The van der Waals surface area contributed by atoms with Gasteiger partial charge < -0.3 is 28.5 Å². The molecule has 1 N–H and O–H groups in total. The van der Waals surface area contributed by atoms with Gasteiger partial charge in [0.25, 0.3) is 7.82 Å². The minimum absolute atomic E-state index is 0.0387. The van der Waals surface area contributed by atoms with E-state index in [1.807, 2.05) is 33.3 Å². The topological polar surface area (TPSA) is 114 Å². The molecule has 0 heterocycles. The van der Waals surface area contributed by atoms with E-state index in [2.05, 4.69) is 160 Å². The second-order valence-electron chi connectivity index (χ2n) is 23.6. The second kappa shape index (κ2) is 62.9. The van der Waals surface area contributed by atoms with Crippen molar-refractivity contribution in [3.05, 3.63) is 146 Å². The van der Waals surface area contributed by atoms with Crippen LogP contribution in [0.25, 0.3) is 0 Å². The van der Waals surface area contributed by atoms with Gasteiger partial charge in [-0.1, -0.05) is 270 Å². The third-order valence-electron chi connectivity index (χ3n) is 14.3. The first-order valence-electron chi connectivity index (χ1n) is 34.1. The highest BCUT2D eigenvalue weighted by atomic mass is 31.2. The molecule has 0 aromatic rings. The highest BCUT2D eigenvalue weighted by Gasteiger charge is 2.27. The Morgan fingerprint density at radius 1 is 0.424 bits per heavy atom. The van der Waals surface area contributed by atoms with Gasteiger partial charge in [0.15, 0.2) is 0 Å². The number of esters is 1. The summed E-state index contributed by atoms with van der Waals surface area (Å²) < 4.78 is 30.4. The number of allylic oxidation sites excluding steroid dienone is 23. The summed E-state index contributed by atoms with van der Waals surface area (Å²) in [4.78, 5) is 40.2. The van der Waals surface area contributed by atoms with Crippen LogP contribution in [0.15, 0.2) is 146 Å². The Kier molecular flexibility index (Phi) is 59.9. The zero-order valence-corrected chi connectivity index (χ0v) is 56.1. The molecule has 10 heteroatoms. The van der Waals surface area contributed by atoms with Gasteiger partial charge in [0, 0.05) is 12.8 Å². The Bertz CT molecular complexity index is 1960. The molecule has 0 aromatic heterocycles. The SMILES string of the molecule is CC/C=C\C/C=C\C/C=C\C/C=C\C/C=C\C/C=C\CCCCC(=O)OC(/C=C\CCCCCCCCCCCCC)C(COP(=O)([O-])OCC[N+](C)(C)C)NC(=O)CCCCCCCCCCC/C=C\C/C=C\C/C=C\C/C=C\C/C=C\CC. The summed E-state index contributed by atoms with van der Waals surface area (Å²) in [5.41, 5.74) is 0. The van der Waals surface area contributed by atoms with E-state index in [4.69, 9.17) is 13.8 Å². The van der Waals surface area contributed by atoms with Crippen LogP contribution in [-0.4, -0.2) is 69.4 Å². The number of unbranched alkanes of at least 4 members (excludes halogenated alkanes) is 22. The maximum Gasteiger partial charge on any atom is 0.306 e. The molecule has 1 amide bonds.